The van der Waals surface area contributed by atoms with Crippen LogP contribution in [0.2, 0.25) is 0 Å². The molecule has 0 saturated heterocycles. The highest BCUT2D eigenvalue weighted by Gasteiger charge is 2.21. The van der Waals surface area contributed by atoms with E-state index in [1.807, 2.05) is 0 Å². The molecule has 0 spiro atoms. The number of carbonyl (C=O) groups excluding carboxylic acids is 2. The molecule has 1 amide bonds. The van der Waals surface area contributed by atoms with Crippen molar-refractivity contribution in [1.82, 2.24) is 20.0 Å². The predicted molar refractivity (Wildman–Crippen MR) is 112 cm³/mol. The van der Waals surface area contributed by atoms with Gasteiger partial charge in [0.05, 0.1) is 18.4 Å². The molecular formula is C18H16BrN5O5S. The van der Waals surface area contributed by atoms with Crippen LogP contribution in [0.25, 0.3) is 5.69 Å². The molecule has 2 heterocycles. The molecular weight excluding hydrogens is 478 g/mol. The number of ether oxygens (including phenoxy) is 2. The molecule has 1 N–H and O–H groups in total. The van der Waals surface area contributed by atoms with Crippen molar-refractivity contribution in [3.63, 3.8) is 0 Å². The number of esters is 1. The lowest BCUT2D eigenvalue weighted by Gasteiger charge is -2.12. The smallest absolute Gasteiger partial charge is 0.362 e. The van der Waals surface area contributed by atoms with Gasteiger partial charge in [-0.05, 0) is 32.0 Å². The first-order chi connectivity index (χ1) is 14.4. The van der Waals surface area contributed by atoms with Gasteiger partial charge in [-0.2, -0.15) is 9.78 Å². The fourth-order valence-corrected chi connectivity index (χ4v) is 3.32. The second-order valence-electron chi connectivity index (χ2n) is 5.77. The number of aromatic nitrogens is 4. The number of halogens is 1. The summed E-state index contributed by atoms with van der Waals surface area (Å²) in [6, 6.07) is 7.92. The average Bonchev–Trinajstić information content (AvgIpc) is 3.11. The Bertz CT molecular complexity index is 1150. The Morgan fingerprint density at radius 1 is 1.27 bits per heavy atom. The highest BCUT2D eigenvalue weighted by Crippen LogP contribution is 2.19. The number of anilines is 1. The number of nitrogens with zero attached hydrogens (tertiary/aromatic N) is 4. The number of aryl methyl sites for hydroxylation is 1. The Morgan fingerprint density at radius 3 is 2.73 bits per heavy atom. The molecule has 3 aromatic rings. The monoisotopic (exact) mass is 493 g/mol. The number of benzene rings is 1. The zero-order valence-corrected chi connectivity index (χ0v) is 18.3. The van der Waals surface area contributed by atoms with Gasteiger partial charge in [-0.15, -0.1) is 10.2 Å². The van der Waals surface area contributed by atoms with Crippen molar-refractivity contribution in [1.29, 1.82) is 0 Å². The van der Waals surface area contributed by atoms with Gasteiger partial charge >= 0.3 is 5.97 Å². The van der Waals surface area contributed by atoms with Crippen LogP contribution in [-0.4, -0.2) is 45.1 Å². The van der Waals surface area contributed by atoms with Gasteiger partial charge in [-0.25, -0.2) is 4.79 Å². The Kier molecular flexibility index (Phi) is 6.90. The summed E-state index contributed by atoms with van der Waals surface area (Å²) in [5.41, 5.74) is -0.330. The predicted octanol–water partition coefficient (Wildman–Crippen LogP) is 2.35. The minimum atomic E-state index is -0.781. The van der Waals surface area contributed by atoms with Gasteiger partial charge in [0.1, 0.15) is 5.01 Å². The third-order valence-electron chi connectivity index (χ3n) is 3.55. The molecule has 0 aliphatic rings. The number of amides is 1. The summed E-state index contributed by atoms with van der Waals surface area (Å²) < 4.78 is 12.2. The molecule has 0 atom stereocenters. The first-order valence-electron chi connectivity index (χ1n) is 8.67. The first kappa shape index (κ1) is 21.6. The number of rotatable bonds is 7. The quantitative estimate of drug-likeness (QED) is 0.497. The molecule has 0 aliphatic heterocycles. The fourth-order valence-electron chi connectivity index (χ4n) is 2.33. The zero-order chi connectivity index (χ0) is 21.7. The van der Waals surface area contributed by atoms with Crippen molar-refractivity contribution in [3.8, 4) is 11.4 Å². The third kappa shape index (κ3) is 5.27. The van der Waals surface area contributed by atoms with Gasteiger partial charge in [-0.3, -0.25) is 14.9 Å². The SMILES string of the molecule is CCOC(=O)c1nn(-c2cccc(Br)c2)c(=O)cc1OCC(=O)Nc1nnc(C)s1. The van der Waals surface area contributed by atoms with E-state index in [2.05, 4.69) is 36.5 Å². The summed E-state index contributed by atoms with van der Waals surface area (Å²) in [6.45, 7) is 3.03. The third-order valence-corrected chi connectivity index (χ3v) is 4.80. The van der Waals surface area contributed by atoms with E-state index in [4.69, 9.17) is 9.47 Å². The second-order valence-corrected chi connectivity index (χ2v) is 7.87. The largest absolute Gasteiger partial charge is 0.481 e. The molecule has 2 aromatic heterocycles. The highest BCUT2D eigenvalue weighted by atomic mass is 79.9. The van der Waals surface area contributed by atoms with Crippen LogP contribution >= 0.6 is 27.3 Å². The van der Waals surface area contributed by atoms with Crippen molar-refractivity contribution in [2.24, 2.45) is 0 Å². The van der Waals surface area contributed by atoms with Crippen molar-refractivity contribution in [2.45, 2.75) is 13.8 Å². The summed E-state index contributed by atoms with van der Waals surface area (Å²) in [5.74, 6) is -1.47. The fraction of sp³-hybridized carbons (Fsp3) is 0.222. The van der Waals surface area contributed by atoms with Gasteiger partial charge < -0.3 is 9.47 Å². The molecule has 0 aliphatic carbocycles. The lowest BCUT2D eigenvalue weighted by Crippen LogP contribution is -2.27. The van der Waals surface area contributed by atoms with Crippen LogP contribution in [0.5, 0.6) is 5.75 Å². The van der Waals surface area contributed by atoms with Crippen molar-refractivity contribution < 1.29 is 19.1 Å². The van der Waals surface area contributed by atoms with Crippen LogP contribution in [0.3, 0.4) is 0 Å². The molecule has 0 radical (unpaired) electrons. The molecule has 1 aromatic carbocycles. The van der Waals surface area contributed by atoms with Gasteiger partial charge in [0.15, 0.2) is 12.4 Å². The van der Waals surface area contributed by atoms with Crippen LogP contribution in [0, 0.1) is 6.92 Å². The number of hydrogen-bond donors (Lipinski definition) is 1. The maximum Gasteiger partial charge on any atom is 0.362 e. The van der Waals surface area contributed by atoms with Crippen LogP contribution in [0.4, 0.5) is 5.13 Å². The Hall–Kier alpha value is -3.12. The van der Waals surface area contributed by atoms with Crippen molar-refractivity contribution in [3.05, 3.63) is 55.9 Å². The molecule has 0 fully saturated rings. The number of hydrogen-bond acceptors (Lipinski definition) is 9. The van der Waals surface area contributed by atoms with Crippen LogP contribution in [0.1, 0.15) is 22.4 Å². The van der Waals surface area contributed by atoms with E-state index >= 15 is 0 Å². The molecule has 0 bridgehead atoms. The molecule has 3 rings (SSSR count). The van der Waals surface area contributed by atoms with Crippen molar-refractivity contribution >= 4 is 44.3 Å². The van der Waals surface area contributed by atoms with E-state index in [-0.39, 0.29) is 18.1 Å². The minimum Gasteiger partial charge on any atom is -0.481 e. The van der Waals surface area contributed by atoms with E-state index in [9.17, 15) is 14.4 Å². The molecule has 0 unspecified atom stereocenters. The van der Waals surface area contributed by atoms with E-state index in [0.29, 0.717) is 15.8 Å². The number of nitrogens with one attached hydrogen (secondary N) is 1. The number of carbonyl (C=O) groups is 2. The van der Waals surface area contributed by atoms with Crippen LogP contribution < -0.4 is 15.6 Å². The lowest BCUT2D eigenvalue weighted by atomic mass is 10.3. The normalized spacial score (nSPS) is 10.5. The van der Waals surface area contributed by atoms with Gasteiger partial charge in [0.2, 0.25) is 10.8 Å². The second kappa shape index (κ2) is 9.59. The van der Waals surface area contributed by atoms with Crippen LogP contribution in [-0.2, 0) is 9.53 Å². The maximum absolute atomic E-state index is 12.6. The van der Waals surface area contributed by atoms with E-state index < -0.39 is 24.0 Å². The van der Waals surface area contributed by atoms with Crippen LogP contribution in [0.15, 0.2) is 39.6 Å². The summed E-state index contributed by atoms with van der Waals surface area (Å²) in [6.07, 6.45) is 0. The van der Waals surface area contributed by atoms with Gasteiger partial charge in [0, 0.05) is 4.47 Å². The average molecular weight is 494 g/mol. The Balaban J connectivity index is 1.87. The standard InChI is InChI=1S/C18H16BrN5O5S/c1-3-28-17(27)16-13(29-9-14(25)20-18-22-21-10(2)30-18)8-15(26)24(23-16)12-6-4-5-11(19)7-12/h4-8H,3,9H2,1-2H3,(H,20,22,25). The highest BCUT2D eigenvalue weighted by molar-refractivity contribution is 9.10. The Morgan fingerprint density at radius 2 is 2.07 bits per heavy atom. The summed E-state index contributed by atoms with van der Waals surface area (Å²) in [7, 11) is 0. The summed E-state index contributed by atoms with van der Waals surface area (Å²) in [4.78, 5) is 37.0. The van der Waals surface area contributed by atoms with Crippen molar-refractivity contribution in [2.75, 3.05) is 18.5 Å². The summed E-state index contributed by atoms with van der Waals surface area (Å²) >= 11 is 4.53. The first-order valence-corrected chi connectivity index (χ1v) is 10.3. The molecule has 12 heteroatoms. The topological polar surface area (TPSA) is 125 Å². The van der Waals surface area contributed by atoms with Gasteiger partial charge in [0.25, 0.3) is 11.5 Å². The molecule has 156 valence electrons. The van der Waals surface area contributed by atoms with Gasteiger partial charge in [-0.1, -0.05) is 33.3 Å². The van der Waals surface area contributed by atoms with E-state index in [1.165, 1.54) is 11.3 Å². The Labute approximate surface area is 183 Å². The minimum absolute atomic E-state index is 0.104. The van der Waals surface area contributed by atoms with E-state index in [0.717, 1.165) is 15.2 Å². The maximum atomic E-state index is 12.6. The molecule has 0 saturated carbocycles. The van der Waals surface area contributed by atoms with E-state index in [1.54, 1.807) is 38.1 Å². The molecule has 10 nitrogen and oxygen atoms in total. The zero-order valence-electron chi connectivity index (χ0n) is 15.9. The summed E-state index contributed by atoms with van der Waals surface area (Å²) in [5, 5.41) is 15.2. The molecule has 30 heavy (non-hydrogen) atoms. The lowest BCUT2D eigenvalue weighted by molar-refractivity contribution is -0.118.